The van der Waals surface area contributed by atoms with Gasteiger partial charge in [-0.15, -0.1) is 0 Å². The van der Waals surface area contributed by atoms with E-state index in [0.717, 1.165) is 6.92 Å². The highest BCUT2D eigenvalue weighted by Crippen LogP contribution is 2.64. The van der Waals surface area contributed by atoms with Crippen molar-refractivity contribution in [2.45, 2.75) is 135 Å². The van der Waals surface area contributed by atoms with Gasteiger partial charge in [-0.25, -0.2) is 19.2 Å². The molecule has 3 aliphatic carbocycles. The first-order valence-electron chi connectivity index (χ1n) is 20.8. The van der Waals surface area contributed by atoms with Crippen LogP contribution in [-0.4, -0.2) is 124 Å². The summed E-state index contributed by atoms with van der Waals surface area (Å²) in [6, 6.07) is 9.10. The van der Waals surface area contributed by atoms with Gasteiger partial charge >= 0.3 is 30.0 Å². The molecule has 2 heterocycles. The van der Waals surface area contributed by atoms with E-state index >= 15 is 4.79 Å². The molecule has 63 heavy (non-hydrogen) atoms. The van der Waals surface area contributed by atoms with Crippen LogP contribution in [0.1, 0.15) is 97.3 Å². The van der Waals surface area contributed by atoms with Gasteiger partial charge in [-0.1, -0.05) is 32.0 Å². The SMILES string of the molecule is CCOCC(=O)O[C@H]1C[C@H]2OC[C@@]2(OC(C)=O)C2C(OC(=O)c3ccccc3)[C@]3(O)C[C@H](OC(=O)[C@H](O)[C@@H](NC(=O)OC(C)(C)C)c4ccco4)C(C)=C([C@@H](O)C(=O)[C@@]21C)C3(C)C. The van der Waals surface area contributed by atoms with Crippen LogP contribution >= 0.6 is 0 Å². The number of nitrogens with one attached hydrogen (secondary N) is 1. The summed E-state index contributed by atoms with van der Waals surface area (Å²) in [5.41, 5.74) is -8.96. The molecule has 344 valence electrons. The fourth-order valence-electron chi connectivity index (χ4n) is 9.86. The van der Waals surface area contributed by atoms with E-state index in [1.54, 1.807) is 45.9 Å². The van der Waals surface area contributed by atoms with E-state index in [9.17, 15) is 39.3 Å². The highest BCUT2D eigenvalue weighted by atomic mass is 16.6. The molecule has 18 heteroatoms. The predicted octanol–water partition coefficient (Wildman–Crippen LogP) is 3.44. The van der Waals surface area contributed by atoms with Crippen molar-refractivity contribution in [2.24, 2.45) is 16.7 Å². The maximum absolute atomic E-state index is 15.4. The lowest BCUT2D eigenvalue weighted by Gasteiger charge is -2.67. The molecule has 2 aromatic rings. The van der Waals surface area contributed by atoms with Crippen molar-refractivity contribution < 1.29 is 81.7 Å². The molecule has 0 spiro atoms. The number of amides is 1. The fourth-order valence-corrected chi connectivity index (χ4v) is 9.86. The molecule has 1 saturated heterocycles. The number of benzene rings is 1. The monoisotopic (exact) mass is 883 g/mol. The Balaban J connectivity index is 1.52. The molecule has 1 aliphatic heterocycles. The summed E-state index contributed by atoms with van der Waals surface area (Å²) >= 11 is 0. The van der Waals surface area contributed by atoms with Crippen LogP contribution in [0.2, 0.25) is 0 Å². The standard InChI is InChI=1S/C45H57NO17/c1-10-56-21-30(48)60-28-19-29-44(22-58-29,62-24(3)47)35-37(61-38(52)25-15-12-11-13-16-25)45(55)20-27(23(2)31(42(45,7)8)33(49)36(51)43(28,35)9)59-39(53)34(50)32(26-17-14-18-57-26)46-40(54)63-41(4,5)6/h11-18,27-29,32-35,37,49-50,55H,10,19-22H2,1-9H3,(H,46,54)/t27-,28-,29+,32-,33+,34+,35?,37?,43+,44-,45+/m0/s1. The van der Waals surface area contributed by atoms with Gasteiger partial charge in [-0.05, 0) is 77.0 Å². The summed E-state index contributed by atoms with van der Waals surface area (Å²) in [6.07, 6.45) is -10.7. The third-order valence-electron chi connectivity index (χ3n) is 12.9. The van der Waals surface area contributed by atoms with Gasteiger partial charge in [0.05, 0.1) is 29.8 Å². The predicted molar refractivity (Wildman–Crippen MR) is 216 cm³/mol. The number of hydrogen-bond acceptors (Lipinski definition) is 17. The Labute approximate surface area is 364 Å². The van der Waals surface area contributed by atoms with Gasteiger partial charge in [0.2, 0.25) is 0 Å². The number of ether oxygens (including phenoxy) is 7. The number of fused-ring (bicyclic) bond motifs is 5. The van der Waals surface area contributed by atoms with Crippen LogP contribution in [-0.2, 0) is 52.3 Å². The van der Waals surface area contributed by atoms with E-state index in [1.165, 1.54) is 58.2 Å². The number of furan rings is 1. The Morgan fingerprint density at radius 3 is 2.25 bits per heavy atom. The first-order chi connectivity index (χ1) is 29.4. The summed E-state index contributed by atoms with van der Waals surface area (Å²) in [5.74, 6) is -6.54. The fraction of sp³-hybridized carbons (Fsp3) is 0.600. The molecule has 2 unspecified atom stereocenters. The van der Waals surface area contributed by atoms with E-state index < -0.39 is 125 Å². The Kier molecular flexibility index (Phi) is 13.1. The summed E-state index contributed by atoms with van der Waals surface area (Å²) in [4.78, 5) is 83.2. The molecule has 18 nitrogen and oxygen atoms in total. The molecule has 3 fully saturated rings. The molecule has 4 aliphatic rings. The van der Waals surface area contributed by atoms with Crippen molar-refractivity contribution in [3.8, 4) is 0 Å². The van der Waals surface area contributed by atoms with Gasteiger partial charge in [-0.3, -0.25) is 9.59 Å². The lowest BCUT2D eigenvalue weighted by Crippen LogP contribution is -2.82. The topological polar surface area (TPSA) is 253 Å². The number of aliphatic hydroxyl groups excluding tert-OH is 2. The minimum absolute atomic E-state index is 0.0380. The Morgan fingerprint density at radius 1 is 1.00 bits per heavy atom. The molecular weight excluding hydrogens is 826 g/mol. The highest BCUT2D eigenvalue weighted by molar-refractivity contribution is 5.94. The largest absolute Gasteiger partial charge is 0.467 e. The van der Waals surface area contributed by atoms with Crippen molar-refractivity contribution >= 4 is 35.8 Å². The van der Waals surface area contributed by atoms with Gasteiger partial charge in [0.15, 0.2) is 17.5 Å². The molecule has 4 N–H and O–H groups in total. The van der Waals surface area contributed by atoms with Crippen LogP contribution in [0.15, 0.2) is 64.3 Å². The molecule has 0 radical (unpaired) electrons. The minimum Gasteiger partial charge on any atom is -0.467 e. The highest BCUT2D eigenvalue weighted by Gasteiger charge is 2.78. The quantitative estimate of drug-likeness (QED) is 0.135. The summed E-state index contributed by atoms with van der Waals surface area (Å²) in [5, 5.41) is 40.1. The molecule has 1 aromatic carbocycles. The number of rotatable bonds is 12. The van der Waals surface area contributed by atoms with Gasteiger partial charge in [-0.2, -0.15) is 0 Å². The first kappa shape index (κ1) is 47.3. The molecule has 1 aromatic heterocycles. The average molecular weight is 884 g/mol. The van der Waals surface area contributed by atoms with Crippen LogP contribution in [0.3, 0.4) is 0 Å². The second kappa shape index (κ2) is 17.4. The summed E-state index contributed by atoms with van der Waals surface area (Å²) in [6.45, 7) is 12.9. The molecule has 1 amide bonds. The number of aliphatic hydroxyl groups is 3. The third-order valence-corrected chi connectivity index (χ3v) is 12.9. The maximum atomic E-state index is 15.4. The van der Waals surface area contributed by atoms with Crippen molar-refractivity contribution in [1.82, 2.24) is 5.32 Å². The lowest BCUT2D eigenvalue weighted by atomic mass is 9.44. The molecule has 11 atom stereocenters. The molecular formula is C45H57NO17. The van der Waals surface area contributed by atoms with Crippen molar-refractivity contribution in [1.29, 1.82) is 0 Å². The molecule has 2 bridgehead atoms. The number of carbonyl (C=O) groups excluding carboxylic acids is 6. The van der Waals surface area contributed by atoms with Gasteiger partial charge in [0, 0.05) is 31.8 Å². The van der Waals surface area contributed by atoms with Gasteiger partial charge < -0.3 is 58.2 Å². The van der Waals surface area contributed by atoms with E-state index in [0.29, 0.717) is 0 Å². The van der Waals surface area contributed by atoms with Crippen LogP contribution in [0, 0.1) is 16.7 Å². The minimum atomic E-state index is -2.44. The van der Waals surface area contributed by atoms with E-state index in [2.05, 4.69) is 5.32 Å². The Hall–Kier alpha value is -5.14. The van der Waals surface area contributed by atoms with Crippen LogP contribution < -0.4 is 5.32 Å². The van der Waals surface area contributed by atoms with Crippen molar-refractivity contribution in [3.05, 3.63) is 71.2 Å². The van der Waals surface area contributed by atoms with E-state index in [4.69, 9.17) is 37.6 Å². The van der Waals surface area contributed by atoms with Crippen LogP contribution in [0.4, 0.5) is 4.79 Å². The smallest absolute Gasteiger partial charge is 0.408 e. The number of carbonyl (C=O) groups is 6. The second-order valence-electron chi connectivity index (χ2n) is 18.3. The van der Waals surface area contributed by atoms with Crippen LogP contribution in [0.25, 0.3) is 0 Å². The van der Waals surface area contributed by atoms with Gasteiger partial charge in [0.25, 0.3) is 0 Å². The molecule has 6 rings (SSSR count). The molecule has 2 saturated carbocycles. The number of Topliss-reactive ketones (excluding diaryl/α,β-unsaturated/α-hetero) is 1. The first-order valence-corrected chi connectivity index (χ1v) is 20.8. The van der Waals surface area contributed by atoms with Crippen LogP contribution in [0.5, 0.6) is 0 Å². The average Bonchev–Trinajstić information content (AvgIpc) is 3.74. The Morgan fingerprint density at radius 2 is 1.68 bits per heavy atom. The zero-order chi connectivity index (χ0) is 46.4. The lowest BCUT2D eigenvalue weighted by molar-refractivity contribution is -0.346. The number of alkyl carbamates (subject to hydrolysis) is 1. The van der Waals surface area contributed by atoms with E-state index in [-0.39, 0.29) is 42.1 Å². The zero-order valence-corrected chi connectivity index (χ0v) is 36.8. The maximum Gasteiger partial charge on any atom is 0.408 e. The number of hydrogen-bond donors (Lipinski definition) is 4. The third kappa shape index (κ3) is 8.50. The number of ketones is 1. The zero-order valence-electron chi connectivity index (χ0n) is 36.8. The normalized spacial score (nSPS) is 31.9. The Bertz CT molecular complexity index is 2110. The van der Waals surface area contributed by atoms with E-state index in [1.807, 2.05) is 0 Å². The summed E-state index contributed by atoms with van der Waals surface area (Å²) < 4.78 is 46.5. The summed E-state index contributed by atoms with van der Waals surface area (Å²) in [7, 11) is 0. The van der Waals surface area contributed by atoms with Crippen molar-refractivity contribution in [3.63, 3.8) is 0 Å². The second-order valence-corrected chi connectivity index (χ2v) is 18.3. The number of esters is 4. The van der Waals surface area contributed by atoms with Crippen molar-refractivity contribution in [2.75, 3.05) is 19.8 Å². The van der Waals surface area contributed by atoms with Gasteiger partial charge in [0.1, 0.15) is 60.1 Å².